The van der Waals surface area contributed by atoms with Crippen LogP contribution in [-0.2, 0) is 6.54 Å². The second-order valence-electron chi connectivity index (χ2n) is 2.63. The molecule has 0 fully saturated rings. The average molecular weight is 192 g/mol. The van der Waals surface area contributed by atoms with E-state index in [1.807, 2.05) is 18.2 Å². The number of pyridine rings is 1. The van der Waals surface area contributed by atoms with Gasteiger partial charge in [0, 0.05) is 11.6 Å². The van der Waals surface area contributed by atoms with E-state index in [0.29, 0.717) is 5.15 Å². The van der Waals surface area contributed by atoms with Crippen molar-refractivity contribution in [3.63, 3.8) is 0 Å². The maximum Gasteiger partial charge on any atom is 0.141 e. The third-order valence-corrected chi connectivity index (χ3v) is 2.15. The summed E-state index contributed by atoms with van der Waals surface area (Å²) in [7, 11) is 0. The average Bonchev–Trinajstić information content (AvgIpc) is 2.44. The topological polar surface area (TPSA) is 41.6 Å². The van der Waals surface area contributed by atoms with Crippen molar-refractivity contribution >= 4 is 22.6 Å². The number of nitrogens with zero attached hydrogens (tertiary/aromatic N) is 3. The third-order valence-electron chi connectivity index (χ3n) is 1.83. The van der Waals surface area contributed by atoms with E-state index in [4.69, 9.17) is 16.9 Å². The zero-order valence-corrected chi connectivity index (χ0v) is 7.49. The standard InChI is InChI=1S/C9H6ClN3/c10-8-6-7-2-1-4-12-9(7)13(8)5-3-11/h1-2,4,6H,5H2. The molecule has 0 saturated carbocycles. The molecule has 0 aliphatic rings. The first-order chi connectivity index (χ1) is 6.33. The lowest BCUT2D eigenvalue weighted by molar-refractivity contribution is 0.861. The van der Waals surface area contributed by atoms with E-state index >= 15 is 0 Å². The normalized spacial score (nSPS) is 10.2. The van der Waals surface area contributed by atoms with Gasteiger partial charge in [-0.25, -0.2) is 4.98 Å². The SMILES string of the molecule is N#CCn1c(Cl)cc2cccnc21. The van der Waals surface area contributed by atoms with E-state index in [0.717, 1.165) is 11.0 Å². The Morgan fingerprint density at radius 3 is 3.23 bits per heavy atom. The van der Waals surface area contributed by atoms with Crippen molar-refractivity contribution in [2.75, 3.05) is 0 Å². The minimum atomic E-state index is 0.235. The number of nitriles is 1. The summed E-state index contributed by atoms with van der Waals surface area (Å²) < 4.78 is 1.68. The molecular formula is C9H6ClN3. The number of aromatic nitrogens is 2. The van der Waals surface area contributed by atoms with E-state index in [1.54, 1.807) is 16.8 Å². The second kappa shape index (κ2) is 3.08. The predicted molar refractivity (Wildman–Crippen MR) is 50.4 cm³/mol. The van der Waals surface area contributed by atoms with Crippen LogP contribution in [0.3, 0.4) is 0 Å². The van der Waals surface area contributed by atoms with Gasteiger partial charge in [-0.3, -0.25) is 0 Å². The van der Waals surface area contributed by atoms with Gasteiger partial charge in [0.25, 0.3) is 0 Å². The predicted octanol–water partition coefficient (Wildman–Crippen LogP) is 2.21. The van der Waals surface area contributed by atoms with Crippen LogP contribution in [0.15, 0.2) is 24.4 Å². The van der Waals surface area contributed by atoms with Crippen molar-refractivity contribution in [2.45, 2.75) is 6.54 Å². The van der Waals surface area contributed by atoms with Crippen molar-refractivity contribution < 1.29 is 0 Å². The van der Waals surface area contributed by atoms with Gasteiger partial charge in [0.2, 0.25) is 0 Å². The van der Waals surface area contributed by atoms with Crippen LogP contribution in [0.4, 0.5) is 0 Å². The van der Waals surface area contributed by atoms with Gasteiger partial charge in [0.15, 0.2) is 0 Å². The number of hydrogen-bond acceptors (Lipinski definition) is 2. The van der Waals surface area contributed by atoms with Crippen molar-refractivity contribution in [2.24, 2.45) is 0 Å². The molecule has 0 aliphatic heterocycles. The molecule has 2 aromatic heterocycles. The molecule has 0 bridgehead atoms. The molecule has 0 spiro atoms. The van der Waals surface area contributed by atoms with E-state index < -0.39 is 0 Å². The lowest BCUT2D eigenvalue weighted by atomic mass is 10.3. The first kappa shape index (κ1) is 8.09. The summed E-state index contributed by atoms with van der Waals surface area (Å²) in [6.07, 6.45) is 1.69. The van der Waals surface area contributed by atoms with Crippen LogP contribution in [0.2, 0.25) is 5.15 Å². The summed E-state index contributed by atoms with van der Waals surface area (Å²) in [5, 5.41) is 10.1. The zero-order valence-electron chi connectivity index (χ0n) is 6.74. The van der Waals surface area contributed by atoms with Crippen LogP contribution < -0.4 is 0 Å². The van der Waals surface area contributed by atoms with Crippen molar-refractivity contribution in [3.05, 3.63) is 29.5 Å². The highest BCUT2D eigenvalue weighted by Crippen LogP contribution is 2.20. The molecule has 2 rings (SSSR count). The minimum absolute atomic E-state index is 0.235. The van der Waals surface area contributed by atoms with Crippen LogP contribution in [0.1, 0.15) is 0 Å². The van der Waals surface area contributed by atoms with Crippen LogP contribution in [-0.4, -0.2) is 9.55 Å². The second-order valence-corrected chi connectivity index (χ2v) is 3.01. The monoisotopic (exact) mass is 191 g/mol. The molecule has 2 aromatic rings. The molecule has 13 heavy (non-hydrogen) atoms. The van der Waals surface area contributed by atoms with Gasteiger partial charge in [-0.05, 0) is 18.2 Å². The Labute approximate surface area is 80.2 Å². The number of hydrogen-bond donors (Lipinski definition) is 0. The van der Waals surface area contributed by atoms with Crippen LogP contribution in [0.5, 0.6) is 0 Å². The Morgan fingerprint density at radius 2 is 2.46 bits per heavy atom. The molecule has 2 heterocycles. The minimum Gasteiger partial charge on any atom is -0.302 e. The van der Waals surface area contributed by atoms with Gasteiger partial charge in [0.1, 0.15) is 17.3 Å². The summed E-state index contributed by atoms with van der Waals surface area (Å²) in [4.78, 5) is 4.15. The molecule has 0 aromatic carbocycles. The molecule has 4 heteroatoms. The highest BCUT2D eigenvalue weighted by molar-refractivity contribution is 6.30. The summed E-state index contributed by atoms with van der Waals surface area (Å²) >= 11 is 5.92. The largest absolute Gasteiger partial charge is 0.302 e. The van der Waals surface area contributed by atoms with Crippen molar-refractivity contribution in [1.82, 2.24) is 9.55 Å². The molecule has 0 N–H and O–H groups in total. The Kier molecular flexibility index (Phi) is 1.91. The number of halogens is 1. The Balaban J connectivity index is 2.73. The number of fused-ring (bicyclic) bond motifs is 1. The van der Waals surface area contributed by atoms with Crippen molar-refractivity contribution in [1.29, 1.82) is 5.26 Å². The Morgan fingerprint density at radius 1 is 1.62 bits per heavy atom. The molecule has 0 atom stereocenters. The smallest absolute Gasteiger partial charge is 0.141 e. The summed E-state index contributed by atoms with van der Waals surface area (Å²) in [6, 6.07) is 7.61. The third kappa shape index (κ3) is 1.25. The van der Waals surface area contributed by atoms with Crippen LogP contribution >= 0.6 is 11.6 Å². The van der Waals surface area contributed by atoms with E-state index in [9.17, 15) is 0 Å². The first-order valence-electron chi connectivity index (χ1n) is 3.79. The molecule has 64 valence electrons. The van der Waals surface area contributed by atoms with Gasteiger partial charge >= 0.3 is 0 Å². The number of rotatable bonds is 1. The van der Waals surface area contributed by atoms with Crippen LogP contribution in [0, 0.1) is 11.3 Å². The van der Waals surface area contributed by atoms with E-state index in [2.05, 4.69) is 4.98 Å². The molecule has 0 aliphatic carbocycles. The quantitative estimate of drug-likeness (QED) is 0.694. The highest BCUT2D eigenvalue weighted by Gasteiger charge is 2.05. The molecule has 0 saturated heterocycles. The van der Waals surface area contributed by atoms with E-state index in [1.165, 1.54) is 0 Å². The fourth-order valence-electron chi connectivity index (χ4n) is 1.28. The van der Waals surface area contributed by atoms with Crippen molar-refractivity contribution in [3.8, 4) is 6.07 Å². The molecule has 0 unspecified atom stereocenters. The Bertz CT molecular complexity index is 481. The zero-order chi connectivity index (χ0) is 9.26. The lowest BCUT2D eigenvalue weighted by Gasteiger charge is -1.97. The molecule has 0 radical (unpaired) electrons. The first-order valence-corrected chi connectivity index (χ1v) is 4.17. The maximum absolute atomic E-state index is 8.56. The van der Waals surface area contributed by atoms with Gasteiger partial charge in [-0.1, -0.05) is 11.6 Å². The van der Waals surface area contributed by atoms with Gasteiger partial charge < -0.3 is 4.57 Å². The fraction of sp³-hybridized carbons (Fsp3) is 0.111. The van der Waals surface area contributed by atoms with Gasteiger partial charge in [-0.2, -0.15) is 5.26 Å². The summed E-state index contributed by atoms with van der Waals surface area (Å²) in [5.74, 6) is 0. The van der Waals surface area contributed by atoms with Gasteiger partial charge in [0.05, 0.1) is 6.07 Å². The Hall–Kier alpha value is -1.53. The summed E-state index contributed by atoms with van der Waals surface area (Å²) in [6.45, 7) is 0.235. The molecule has 3 nitrogen and oxygen atoms in total. The maximum atomic E-state index is 8.56. The molecule has 0 amide bonds. The lowest BCUT2D eigenvalue weighted by Crippen LogP contribution is -1.95. The molecular weight excluding hydrogens is 186 g/mol. The van der Waals surface area contributed by atoms with Crippen LogP contribution in [0.25, 0.3) is 11.0 Å². The summed E-state index contributed by atoms with van der Waals surface area (Å²) in [5.41, 5.74) is 0.758. The van der Waals surface area contributed by atoms with Gasteiger partial charge in [-0.15, -0.1) is 0 Å². The fourth-order valence-corrected chi connectivity index (χ4v) is 1.53. The highest BCUT2D eigenvalue weighted by atomic mass is 35.5. The van der Waals surface area contributed by atoms with E-state index in [-0.39, 0.29) is 6.54 Å².